The van der Waals surface area contributed by atoms with E-state index in [2.05, 4.69) is 5.32 Å². The highest BCUT2D eigenvalue weighted by Gasteiger charge is 2.28. The van der Waals surface area contributed by atoms with Gasteiger partial charge in [0.05, 0.1) is 23.5 Å². The molecule has 9 heteroatoms. The third-order valence-corrected chi connectivity index (χ3v) is 6.38. The fourth-order valence-electron chi connectivity index (χ4n) is 3.02. The number of hydrogen-bond donors (Lipinski definition) is 1. The van der Waals surface area contributed by atoms with Crippen molar-refractivity contribution in [2.45, 2.75) is 13.3 Å². The minimum absolute atomic E-state index is 0.127. The summed E-state index contributed by atoms with van der Waals surface area (Å²) in [5, 5.41) is 2.62. The SMILES string of the molecule is Cc1cccc(OCCNC(=O)COC(=O)c2ccc(N3CCCS3(=O)=O)cc2)c1. The van der Waals surface area contributed by atoms with Gasteiger partial charge in [-0.1, -0.05) is 12.1 Å². The van der Waals surface area contributed by atoms with Crippen LogP contribution >= 0.6 is 0 Å². The van der Waals surface area contributed by atoms with Gasteiger partial charge in [0.25, 0.3) is 5.91 Å². The van der Waals surface area contributed by atoms with Crippen molar-refractivity contribution in [2.75, 3.05) is 36.4 Å². The molecule has 0 bridgehead atoms. The highest BCUT2D eigenvalue weighted by atomic mass is 32.2. The average molecular weight is 432 g/mol. The van der Waals surface area contributed by atoms with Crippen LogP contribution in [0.2, 0.25) is 0 Å². The molecule has 0 saturated carbocycles. The van der Waals surface area contributed by atoms with E-state index in [-0.39, 0.29) is 17.9 Å². The summed E-state index contributed by atoms with van der Waals surface area (Å²) in [4.78, 5) is 23.9. The molecular formula is C21H24N2O6S. The highest BCUT2D eigenvalue weighted by Crippen LogP contribution is 2.24. The Bertz CT molecular complexity index is 1000. The van der Waals surface area contributed by atoms with E-state index in [1.807, 2.05) is 31.2 Å². The molecule has 0 atom stereocenters. The van der Waals surface area contributed by atoms with Crippen LogP contribution in [0.5, 0.6) is 5.75 Å². The van der Waals surface area contributed by atoms with Crippen molar-refractivity contribution in [1.82, 2.24) is 5.32 Å². The average Bonchev–Trinajstić information content (AvgIpc) is 3.08. The summed E-state index contributed by atoms with van der Waals surface area (Å²) in [5.41, 5.74) is 1.83. The van der Waals surface area contributed by atoms with Crippen molar-refractivity contribution in [3.8, 4) is 5.75 Å². The lowest BCUT2D eigenvalue weighted by Crippen LogP contribution is -2.32. The number of ether oxygens (including phenoxy) is 2. The molecule has 2 aromatic carbocycles. The van der Waals surface area contributed by atoms with Gasteiger partial charge in [-0.05, 0) is 55.3 Å². The van der Waals surface area contributed by atoms with Crippen molar-refractivity contribution < 1.29 is 27.5 Å². The van der Waals surface area contributed by atoms with Crippen molar-refractivity contribution in [3.63, 3.8) is 0 Å². The van der Waals surface area contributed by atoms with E-state index in [0.717, 1.165) is 11.3 Å². The van der Waals surface area contributed by atoms with Crippen LogP contribution in [0.1, 0.15) is 22.3 Å². The normalized spacial score (nSPS) is 14.9. The maximum absolute atomic E-state index is 12.1. The summed E-state index contributed by atoms with van der Waals surface area (Å²) in [6.07, 6.45) is 0.581. The molecule has 8 nitrogen and oxygen atoms in total. The predicted octanol–water partition coefficient (Wildman–Crippen LogP) is 1.89. The van der Waals surface area contributed by atoms with Gasteiger partial charge in [-0.25, -0.2) is 13.2 Å². The van der Waals surface area contributed by atoms with Crippen molar-refractivity contribution in [1.29, 1.82) is 0 Å². The fraction of sp³-hybridized carbons (Fsp3) is 0.333. The van der Waals surface area contributed by atoms with E-state index < -0.39 is 28.5 Å². The number of benzene rings is 2. The molecule has 3 rings (SSSR count). The van der Waals surface area contributed by atoms with Gasteiger partial charge in [-0.15, -0.1) is 0 Å². The van der Waals surface area contributed by atoms with Gasteiger partial charge in [0.1, 0.15) is 12.4 Å². The van der Waals surface area contributed by atoms with Crippen LogP contribution in [0.15, 0.2) is 48.5 Å². The fourth-order valence-corrected chi connectivity index (χ4v) is 4.59. The van der Waals surface area contributed by atoms with E-state index in [4.69, 9.17) is 9.47 Å². The second-order valence-corrected chi connectivity index (χ2v) is 8.89. The van der Waals surface area contributed by atoms with Gasteiger partial charge < -0.3 is 14.8 Å². The van der Waals surface area contributed by atoms with E-state index in [0.29, 0.717) is 25.3 Å². The third-order valence-electron chi connectivity index (χ3n) is 4.51. The predicted molar refractivity (Wildman–Crippen MR) is 112 cm³/mol. The standard InChI is InChI=1S/C21H24N2O6S/c1-16-4-2-5-19(14-16)28-12-10-22-20(24)15-29-21(25)17-6-8-18(9-7-17)23-11-3-13-30(23,26)27/h2,4-9,14H,3,10-13,15H2,1H3,(H,22,24). The zero-order chi connectivity index (χ0) is 21.6. The summed E-state index contributed by atoms with van der Waals surface area (Å²) in [6.45, 7) is 2.56. The first-order chi connectivity index (χ1) is 14.3. The number of rotatable bonds is 8. The maximum atomic E-state index is 12.1. The van der Waals surface area contributed by atoms with Gasteiger partial charge in [0, 0.05) is 6.54 Å². The second kappa shape index (κ2) is 9.62. The summed E-state index contributed by atoms with van der Waals surface area (Å²) < 4.78 is 35.7. The van der Waals surface area contributed by atoms with Crippen molar-refractivity contribution >= 4 is 27.6 Å². The Morgan fingerprint density at radius 1 is 1.13 bits per heavy atom. The Morgan fingerprint density at radius 3 is 2.57 bits per heavy atom. The Morgan fingerprint density at radius 2 is 1.90 bits per heavy atom. The molecule has 1 amide bonds. The van der Waals surface area contributed by atoms with Crippen molar-refractivity contribution in [2.24, 2.45) is 0 Å². The van der Waals surface area contributed by atoms with Crippen LogP contribution in [0.3, 0.4) is 0 Å². The monoisotopic (exact) mass is 432 g/mol. The molecule has 1 saturated heterocycles. The van der Waals surface area contributed by atoms with Crippen molar-refractivity contribution in [3.05, 3.63) is 59.7 Å². The number of nitrogens with one attached hydrogen (secondary N) is 1. The van der Waals surface area contributed by atoms with E-state index in [9.17, 15) is 18.0 Å². The quantitative estimate of drug-likeness (QED) is 0.505. The first-order valence-corrected chi connectivity index (χ1v) is 11.2. The number of sulfonamides is 1. The van der Waals surface area contributed by atoms with Crippen LogP contribution in [0.4, 0.5) is 5.69 Å². The molecule has 0 aliphatic carbocycles. The molecule has 1 heterocycles. The minimum atomic E-state index is -3.27. The first kappa shape index (κ1) is 21.6. The number of nitrogens with zero attached hydrogens (tertiary/aromatic N) is 1. The molecule has 0 aromatic heterocycles. The van der Waals surface area contributed by atoms with Crippen LogP contribution in [0.25, 0.3) is 0 Å². The number of esters is 1. The molecular weight excluding hydrogens is 408 g/mol. The molecule has 2 aromatic rings. The van der Waals surface area contributed by atoms with Gasteiger partial charge in [-0.3, -0.25) is 9.10 Å². The molecule has 0 radical (unpaired) electrons. The summed E-state index contributed by atoms with van der Waals surface area (Å²) in [7, 11) is -3.27. The molecule has 1 N–H and O–H groups in total. The Hall–Kier alpha value is -3.07. The number of carbonyl (C=O) groups is 2. The molecule has 1 aliphatic rings. The number of aryl methyl sites for hydroxylation is 1. The number of anilines is 1. The lowest BCUT2D eigenvalue weighted by molar-refractivity contribution is -0.124. The molecule has 1 aliphatic heterocycles. The Kier molecular flexibility index (Phi) is 6.94. The number of hydrogen-bond acceptors (Lipinski definition) is 6. The van der Waals surface area contributed by atoms with Gasteiger partial charge in [0.15, 0.2) is 6.61 Å². The Balaban J connectivity index is 1.40. The van der Waals surface area contributed by atoms with Gasteiger partial charge in [-0.2, -0.15) is 0 Å². The van der Waals surface area contributed by atoms with E-state index in [1.165, 1.54) is 16.4 Å². The topological polar surface area (TPSA) is 102 Å². The van der Waals surface area contributed by atoms with Gasteiger partial charge >= 0.3 is 5.97 Å². The number of amides is 1. The smallest absolute Gasteiger partial charge is 0.338 e. The molecule has 0 spiro atoms. The third kappa shape index (κ3) is 5.73. The van der Waals surface area contributed by atoms with Gasteiger partial charge in [0.2, 0.25) is 10.0 Å². The van der Waals surface area contributed by atoms with Crippen LogP contribution < -0.4 is 14.4 Å². The second-order valence-electron chi connectivity index (χ2n) is 6.88. The summed E-state index contributed by atoms with van der Waals surface area (Å²) in [6, 6.07) is 13.7. The minimum Gasteiger partial charge on any atom is -0.492 e. The Labute approximate surface area is 175 Å². The molecule has 0 unspecified atom stereocenters. The molecule has 30 heavy (non-hydrogen) atoms. The van der Waals surface area contributed by atoms with Crippen LogP contribution in [-0.4, -0.2) is 52.4 Å². The van der Waals surface area contributed by atoms with E-state index in [1.54, 1.807) is 12.1 Å². The lowest BCUT2D eigenvalue weighted by atomic mass is 10.2. The number of carbonyl (C=O) groups excluding carboxylic acids is 2. The lowest BCUT2D eigenvalue weighted by Gasteiger charge is -2.16. The maximum Gasteiger partial charge on any atom is 0.338 e. The first-order valence-electron chi connectivity index (χ1n) is 9.59. The molecule has 160 valence electrons. The van der Waals surface area contributed by atoms with Crippen LogP contribution in [0, 0.1) is 6.92 Å². The zero-order valence-corrected chi connectivity index (χ0v) is 17.5. The largest absolute Gasteiger partial charge is 0.492 e. The van der Waals surface area contributed by atoms with Crippen LogP contribution in [-0.2, 0) is 19.6 Å². The zero-order valence-electron chi connectivity index (χ0n) is 16.7. The summed E-state index contributed by atoms with van der Waals surface area (Å²) >= 11 is 0. The summed E-state index contributed by atoms with van der Waals surface area (Å²) in [5.74, 6) is -0.240. The van der Waals surface area contributed by atoms with E-state index >= 15 is 0 Å². The highest BCUT2D eigenvalue weighted by molar-refractivity contribution is 7.93. The molecule has 1 fully saturated rings.